The highest BCUT2D eigenvalue weighted by molar-refractivity contribution is 7.99. The third-order valence-electron chi connectivity index (χ3n) is 2.35. The number of anilines is 1. The minimum Gasteiger partial charge on any atom is -0.431 e. The van der Waals surface area contributed by atoms with E-state index in [-0.39, 0.29) is 5.69 Å². The van der Waals surface area contributed by atoms with Gasteiger partial charge in [0.05, 0.1) is 0 Å². The van der Waals surface area contributed by atoms with Gasteiger partial charge in [0.1, 0.15) is 16.6 Å². The normalized spacial score (nSPS) is 10.5. The average molecular weight is 269 g/mol. The maximum absolute atomic E-state index is 8.94. The molecule has 0 fully saturated rings. The molecule has 3 aromatic rings. The van der Waals surface area contributed by atoms with Gasteiger partial charge in [0.2, 0.25) is 0 Å². The summed E-state index contributed by atoms with van der Waals surface area (Å²) in [7, 11) is 0. The van der Waals surface area contributed by atoms with Crippen LogP contribution in [0.25, 0.3) is 11.1 Å². The van der Waals surface area contributed by atoms with Crippen LogP contribution in [0.15, 0.2) is 45.3 Å². The number of nitriles is 1. The fourth-order valence-corrected chi connectivity index (χ4v) is 2.28. The van der Waals surface area contributed by atoms with Crippen molar-refractivity contribution >= 4 is 28.5 Å². The van der Waals surface area contributed by atoms with Gasteiger partial charge in [-0.25, -0.2) is 15.0 Å². The Kier molecular flexibility index (Phi) is 2.78. The van der Waals surface area contributed by atoms with Gasteiger partial charge in [0, 0.05) is 18.1 Å². The number of rotatable bonds is 2. The Morgan fingerprint density at radius 2 is 2.11 bits per heavy atom. The number of nitrogens with zero attached hydrogens (tertiary/aromatic N) is 4. The van der Waals surface area contributed by atoms with E-state index in [1.54, 1.807) is 18.2 Å². The van der Waals surface area contributed by atoms with Crippen LogP contribution >= 0.6 is 11.8 Å². The van der Waals surface area contributed by atoms with Gasteiger partial charge in [0.15, 0.2) is 11.3 Å². The molecule has 2 N–H and O–H groups in total. The Labute approximate surface area is 112 Å². The zero-order valence-corrected chi connectivity index (χ0v) is 10.4. The van der Waals surface area contributed by atoms with Crippen LogP contribution in [-0.4, -0.2) is 15.0 Å². The van der Waals surface area contributed by atoms with E-state index in [9.17, 15) is 0 Å². The van der Waals surface area contributed by atoms with Gasteiger partial charge in [-0.1, -0.05) is 0 Å². The predicted octanol–water partition coefficient (Wildman–Crippen LogP) is 2.22. The molecule has 1 aromatic carbocycles. The van der Waals surface area contributed by atoms with Crippen molar-refractivity contribution in [3.8, 4) is 6.07 Å². The Balaban J connectivity index is 1.99. The van der Waals surface area contributed by atoms with E-state index in [0.29, 0.717) is 27.0 Å². The Morgan fingerprint density at radius 1 is 1.26 bits per heavy atom. The fourth-order valence-electron chi connectivity index (χ4n) is 1.53. The summed E-state index contributed by atoms with van der Waals surface area (Å²) in [4.78, 5) is 12.3. The smallest absolute Gasteiger partial charge is 0.263 e. The summed E-state index contributed by atoms with van der Waals surface area (Å²) in [5, 5.41) is 9.80. The molecule has 3 rings (SSSR count). The standard InChI is InChI=1S/C12H7N5OS/c13-6-9-11(16-4-3-15-9)19-12-17-8-5-7(14)1-2-10(8)18-12/h1-5H,14H2. The molecule has 0 aliphatic heterocycles. The molecule has 6 nitrogen and oxygen atoms in total. The van der Waals surface area contributed by atoms with Gasteiger partial charge in [-0.3, -0.25) is 0 Å². The van der Waals surface area contributed by atoms with E-state index >= 15 is 0 Å². The zero-order valence-electron chi connectivity index (χ0n) is 9.57. The zero-order chi connectivity index (χ0) is 13.2. The number of nitrogen functional groups attached to an aromatic ring is 1. The SMILES string of the molecule is N#Cc1nccnc1Sc1nc2cc(N)ccc2o1. The van der Waals surface area contributed by atoms with Crippen molar-refractivity contribution in [2.75, 3.05) is 5.73 Å². The number of oxazole rings is 1. The highest BCUT2D eigenvalue weighted by atomic mass is 32.2. The molecule has 0 spiro atoms. The molecule has 0 saturated carbocycles. The monoisotopic (exact) mass is 269 g/mol. The lowest BCUT2D eigenvalue weighted by atomic mass is 10.3. The third-order valence-corrected chi connectivity index (χ3v) is 3.19. The molecular weight excluding hydrogens is 262 g/mol. The molecular formula is C12H7N5OS. The van der Waals surface area contributed by atoms with Gasteiger partial charge < -0.3 is 10.2 Å². The predicted molar refractivity (Wildman–Crippen MR) is 69.3 cm³/mol. The molecule has 0 atom stereocenters. The maximum atomic E-state index is 8.94. The summed E-state index contributed by atoms with van der Waals surface area (Å²) in [6.45, 7) is 0. The molecule has 7 heteroatoms. The van der Waals surface area contributed by atoms with E-state index in [0.717, 1.165) is 11.8 Å². The summed E-state index contributed by atoms with van der Waals surface area (Å²) in [6, 6.07) is 7.20. The van der Waals surface area contributed by atoms with Gasteiger partial charge in [-0.05, 0) is 30.0 Å². The molecule has 0 amide bonds. The van der Waals surface area contributed by atoms with Crippen molar-refractivity contribution < 1.29 is 4.42 Å². The highest BCUT2D eigenvalue weighted by Gasteiger charge is 2.12. The largest absolute Gasteiger partial charge is 0.431 e. The number of aromatic nitrogens is 3. The molecule has 0 bridgehead atoms. The molecule has 2 heterocycles. The van der Waals surface area contributed by atoms with E-state index in [1.807, 2.05) is 6.07 Å². The molecule has 0 saturated heterocycles. The highest BCUT2D eigenvalue weighted by Crippen LogP contribution is 2.30. The van der Waals surface area contributed by atoms with Gasteiger partial charge in [-0.15, -0.1) is 0 Å². The van der Waals surface area contributed by atoms with Crippen LogP contribution in [-0.2, 0) is 0 Å². The maximum Gasteiger partial charge on any atom is 0.263 e. The molecule has 92 valence electrons. The van der Waals surface area contributed by atoms with Crippen molar-refractivity contribution in [3.05, 3.63) is 36.3 Å². The summed E-state index contributed by atoms with van der Waals surface area (Å²) < 4.78 is 5.55. The lowest BCUT2D eigenvalue weighted by Crippen LogP contribution is -1.89. The number of hydrogen-bond acceptors (Lipinski definition) is 7. The minimum absolute atomic E-state index is 0.245. The van der Waals surface area contributed by atoms with Crippen LogP contribution in [0.5, 0.6) is 0 Å². The summed E-state index contributed by atoms with van der Waals surface area (Å²) in [5.74, 6) is 0. The first-order valence-electron chi connectivity index (χ1n) is 5.31. The number of benzene rings is 1. The van der Waals surface area contributed by atoms with Crippen molar-refractivity contribution in [1.29, 1.82) is 5.26 Å². The van der Waals surface area contributed by atoms with Gasteiger partial charge in [-0.2, -0.15) is 5.26 Å². The first kappa shape index (κ1) is 11.5. The molecule has 0 radical (unpaired) electrons. The van der Waals surface area contributed by atoms with Crippen molar-refractivity contribution in [1.82, 2.24) is 15.0 Å². The van der Waals surface area contributed by atoms with Crippen molar-refractivity contribution in [2.45, 2.75) is 10.2 Å². The van der Waals surface area contributed by atoms with E-state index in [2.05, 4.69) is 15.0 Å². The first-order valence-corrected chi connectivity index (χ1v) is 6.13. The van der Waals surface area contributed by atoms with E-state index in [1.165, 1.54) is 12.4 Å². The molecule has 0 aliphatic rings. The van der Waals surface area contributed by atoms with Gasteiger partial charge >= 0.3 is 0 Å². The van der Waals surface area contributed by atoms with Crippen molar-refractivity contribution in [2.24, 2.45) is 0 Å². The second kappa shape index (κ2) is 4.59. The Morgan fingerprint density at radius 3 is 2.95 bits per heavy atom. The molecule has 2 aromatic heterocycles. The van der Waals surface area contributed by atoms with Gasteiger partial charge in [0.25, 0.3) is 5.22 Å². The van der Waals surface area contributed by atoms with Crippen LogP contribution in [0.4, 0.5) is 5.69 Å². The number of hydrogen-bond donors (Lipinski definition) is 1. The summed E-state index contributed by atoms with van der Waals surface area (Å²) >= 11 is 1.16. The van der Waals surface area contributed by atoms with Crippen LogP contribution < -0.4 is 5.73 Å². The van der Waals surface area contributed by atoms with Crippen LogP contribution in [0.1, 0.15) is 5.69 Å². The number of fused-ring (bicyclic) bond motifs is 1. The second-order valence-corrected chi connectivity index (χ2v) is 4.57. The molecule has 19 heavy (non-hydrogen) atoms. The Hall–Kier alpha value is -2.59. The van der Waals surface area contributed by atoms with Crippen LogP contribution in [0.2, 0.25) is 0 Å². The number of nitrogens with two attached hydrogens (primary N) is 1. The van der Waals surface area contributed by atoms with Crippen LogP contribution in [0, 0.1) is 11.3 Å². The lowest BCUT2D eigenvalue weighted by molar-refractivity contribution is 0.489. The second-order valence-electron chi connectivity index (χ2n) is 3.63. The van der Waals surface area contributed by atoms with E-state index in [4.69, 9.17) is 15.4 Å². The van der Waals surface area contributed by atoms with E-state index < -0.39 is 0 Å². The fraction of sp³-hybridized carbons (Fsp3) is 0. The molecule has 0 aliphatic carbocycles. The van der Waals surface area contributed by atoms with Crippen LogP contribution in [0.3, 0.4) is 0 Å². The first-order chi connectivity index (χ1) is 9.26. The average Bonchev–Trinajstić information content (AvgIpc) is 2.80. The minimum atomic E-state index is 0.245. The topological polar surface area (TPSA) is 102 Å². The third kappa shape index (κ3) is 2.21. The quantitative estimate of drug-likeness (QED) is 0.711. The van der Waals surface area contributed by atoms with Crippen molar-refractivity contribution in [3.63, 3.8) is 0 Å². The summed E-state index contributed by atoms with van der Waals surface area (Å²) in [5.41, 5.74) is 7.85. The lowest BCUT2D eigenvalue weighted by Gasteiger charge is -1.96. The Bertz CT molecular complexity index is 792. The molecule has 0 unspecified atom stereocenters. The summed E-state index contributed by atoms with van der Waals surface area (Å²) in [6.07, 6.45) is 2.99.